The lowest BCUT2D eigenvalue weighted by molar-refractivity contribution is 0.0865. The van der Waals surface area contributed by atoms with Crippen LogP contribution in [0.25, 0.3) is 0 Å². The van der Waals surface area contributed by atoms with Crippen molar-refractivity contribution in [1.82, 2.24) is 60.0 Å². The molecule has 8 aromatic carbocycles. The molecule has 12 aromatic rings. The van der Waals surface area contributed by atoms with E-state index in [-0.39, 0.29) is 124 Å². The van der Waals surface area contributed by atoms with Crippen molar-refractivity contribution in [2.75, 3.05) is 76.4 Å². The SMILES string of the molecule is CC(CCl)COc1ccc(C(C)(C)c2ccc(OCC(O)Cn3nnc([123I])c3CO)cc2)cc1Br.C[C@@H](CCl)COc1ccc(C(C)(C)c2ccc(OC[C@@H](O)Cn3nnc([123I])c3CO)cc2)cc1Cl.C[C@@H](CCl)COc1ccc(C(C)(C)c2ccc(OC[C@H](O)Cn3nnc([123I])c3CO)cc2)cc1Cl.C[C@H](CCl)COc1ccc(C(C)(C)c2ccc(OC[C@@H](O)Cn3nnc([123I])c3CO)cc2)cc1Cl. The molecule has 0 aliphatic rings. The molecule has 4 aromatic heterocycles. The number of hydrogen-bond donors (Lipinski definition) is 8. The van der Waals surface area contributed by atoms with Gasteiger partial charge in [0, 0.05) is 68.9 Å². The van der Waals surface area contributed by atoms with E-state index in [2.05, 4.69) is 132 Å². The van der Waals surface area contributed by atoms with Gasteiger partial charge in [-0.05, 0) is 248 Å². The standard InChI is InChI=1S/C25H30BrClIN3O4.3C25H30Cl2IN3O4/c1-16(11-27)14-35-23-9-6-18(10-21(23)26)25(2,3)17-4-7-20(8-5-17)34-15-19(33)12-31-22(13-32)24(28)29-30-31;3*1-16(11-26)14-35-23-9-6-18(10-21(23)27)25(2,3)17-4-7-20(8-5-17)34-15-19(33)12-31-22(13-32)24(28)29-30-31/h4*4-10,16,19,32-33H,11-15H2,1-3H3/t;2*16-,19+;16-,19-/m.100/s1/i4*28-4. The van der Waals surface area contributed by atoms with Crippen LogP contribution in [0.3, 0.4) is 0 Å². The van der Waals surface area contributed by atoms with Gasteiger partial charge in [0.15, 0.2) is 0 Å². The number of aromatic nitrogens is 12. The summed E-state index contributed by atoms with van der Waals surface area (Å²) < 4.78 is 55.7. The largest absolute Gasteiger partial charge is 0.492 e. The number of aliphatic hydroxyl groups is 8. The van der Waals surface area contributed by atoms with E-state index in [4.69, 9.17) is 119 Å². The number of hydrogen-bond acceptors (Lipinski definition) is 24. The van der Waals surface area contributed by atoms with Gasteiger partial charge in [-0.1, -0.05) is 212 Å². The molecule has 0 saturated heterocycles. The third-order valence-corrected chi connectivity index (χ3v) is 30.1. The summed E-state index contributed by atoms with van der Waals surface area (Å²) in [6.45, 7) is 27.7. The van der Waals surface area contributed by atoms with Crippen molar-refractivity contribution in [3.05, 3.63) is 271 Å². The molecule has 0 spiro atoms. The van der Waals surface area contributed by atoms with Gasteiger partial charge >= 0.3 is 0 Å². The molecule has 760 valence electrons. The van der Waals surface area contributed by atoms with E-state index in [1.807, 2.05) is 269 Å². The van der Waals surface area contributed by atoms with Crippen molar-refractivity contribution in [2.45, 2.75) is 182 Å². The summed E-state index contributed by atoms with van der Waals surface area (Å²) in [5, 5.41) is 112. The first-order valence-electron chi connectivity index (χ1n) is 45.0. The summed E-state index contributed by atoms with van der Waals surface area (Å²) in [5.41, 5.74) is 9.89. The summed E-state index contributed by atoms with van der Waals surface area (Å²) in [4.78, 5) is 0. The maximum atomic E-state index is 10.3. The first-order valence-corrected chi connectivity index (χ1v) is 53.3. The Morgan fingerprint density at radius 3 is 0.679 bits per heavy atom. The van der Waals surface area contributed by atoms with Crippen molar-refractivity contribution >= 4 is 188 Å². The second kappa shape index (κ2) is 56.7. The molecule has 0 saturated carbocycles. The average Bonchev–Trinajstić information content (AvgIpc) is 1.55. The molecule has 28 nitrogen and oxygen atoms in total. The molecular weight excluding hydrogens is 2440 g/mol. The normalized spacial score (nSPS) is 13.5. The van der Waals surface area contributed by atoms with Gasteiger partial charge in [-0.25, -0.2) is 18.7 Å². The average molecular weight is 2570 g/mol. The lowest BCUT2D eigenvalue weighted by Crippen LogP contribution is -2.25. The van der Waals surface area contributed by atoms with Crippen LogP contribution < -0.4 is 37.9 Å². The van der Waals surface area contributed by atoms with Crippen LogP contribution >= 0.6 is 188 Å². The molecule has 0 bridgehead atoms. The minimum Gasteiger partial charge on any atom is -0.492 e. The highest BCUT2D eigenvalue weighted by atomic mass is 123. The van der Waals surface area contributed by atoms with E-state index < -0.39 is 24.4 Å². The molecule has 0 fully saturated rings. The van der Waals surface area contributed by atoms with Crippen molar-refractivity contribution in [3.8, 4) is 46.0 Å². The Kier molecular flexibility index (Phi) is 47.5. The van der Waals surface area contributed by atoms with Crippen molar-refractivity contribution in [2.24, 2.45) is 23.7 Å². The summed E-state index contributed by atoms with van der Waals surface area (Å²) in [7, 11) is 0. The first kappa shape index (κ1) is 117. The molecule has 0 radical (unpaired) electrons. The zero-order valence-electron chi connectivity index (χ0n) is 79.7. The van der Waals surface area contributed by atoms with Gasteiger partial charge in [-0.3, -0.25) is 0 Å². The Balaban J connectivity index is 0.000000209. The zero-order valence-corrected chi connectivity index (χ0v) is 95.2. The number of halogens is 12. The quantitative estimate of drug-likeness (QED) is 0.0130. The van der Waals surface area contributed by atoms with Gasteiger partial charge in [-0.15, -0.1) is 66.8 Å². The number of benzene rings is 8. The predicted molar refractivity (Wildman–Crippen MR) is 585 cm³/mol. The molecule has 0 amide bonds. The fraction of sp³-hybridized carbons (Fsp3) is 0.440. The molecule has 8 N–H and O–H groups in total. The molecule has 0 aliphatic heterocycles. The second-order valence-corrected chi connectivity index (χ2v) is 43.4. The summed E-state index contributed by atoms with van der Waals surface area (Å²) >= 11 is 54.6. The van der Waals surface area contributed by atoms with Gasteiger partial charge in [0.2, 0.25) is 0 Å². The van der Waals surface area contributed by atoms with Crippen molar-refractivity contribution in [3.63, 3.8) is 0 Å². The number of nitrogens with zero attached hydrogens (tertiary/aromatic N) is 12. The third-order valence-electron chi connectivity index (χ3n) is 23.1. The predicted octanol–water partition coefficient (Wildman–Crippen LogP) is 20.3. The Hall–Kier alpha value is -6.17. The van der Waals surface area contributed by atoms with Crippen molar-refractivity contribution < 1.29 is 78.7 Å². The summed E-state index contributed by atoms with van der Waals surface area (Å²) in [5.74, 6) is 8.55. The van der Waals surface area contributed by atoms with E-state index in [1.165, 1.54) is 18.7 Å². The minimum atomic E-state index is -0.802. The lowest BCUT2D eigenvalue weighted by Gasteiger charge is -2.27. The van der Waals surface area contributed by atoms with E-state index in [0.717, 1.165) is 54.7 Å². The smallest absolute Gasteiger partial charge is 0.149 e. The fourth-order valence-electron chi connectivity index (χ4n) is 13.9. The van der Waals surface area contributed by atoms with Gasteiger partial charge in [-0.2, -0.15) is 0 Å². The molecular formula is C100H120BrCl7I4N12O16. The fourth-order valence-corrected chi connectivity index (χ4v) is 17.6. The second-order valence-electron chi connectivity index (χ2n) is 36.0. The molecule has 8 atom stereocenters. The summed E-state index contributed by atoms with van der Waals surface area (Å²) in [6.07, 6.45) is -3.20. The number of aliphatic hydroxyl groups excluding tert-OH is 8. The van der Waals surface area contributed by atoms with Crippen LogP contribution in [0.4, 0.5) is 0 Å². The number of rotatable bonds is 48. The van der Waals surface area contributed by atoms with Crippen molar-refractivity contribution in [1.29, 1.82) is 0 Å². The Bertz CT molecular complexity index is 5140. The highest BCUT2D eigenvalue weighted by Gasteiger charge is 2.31. The maximum Gasteiger partial charge on any atom is 0.149 e. The van der Waals surface area contributed by atoms with Gasteiger partial charge in [0.1, 0.15) is 112 Å². The third kappa shape index (κ3) is 33.9. The highest BCUT2D eigenvalue weighted by Crippen LogP contribution is 2.43. The first-order chi connectivity index (χ1) is 66.6. The molecule has 2 unspecified atom stereocenters. The van der Waals surface area contributed by atoms with Gasteiger partial charge in [0.25, 0.3) is 0 Å². The van der Waals surface area contributed by atoms with Crippen LogP contribution in [0.5, 0.6) is 46.0 Å². The molecule has 12 rings (SSSR count). The van der Waals surface area contributed by atoms with Crippen LogP contribution in [0, 0.1) is 38.5 Å². The topological polar surface area (TPSA) is 359 Å². The van der Waals surface area contributed by atoms with Crippen LogP contribution in [0.2, 0.25) is 15.1 Å². The van der Waals surface area contributed by atoms with Gasteiger partial charge < -0.3 is 78.7 Å². The van der Waals surface area contributed by atoms with E-state index in [9.17, 15) is 40.9 Å². The molecule has 140 heavy (non-hydrogen) atoms. The molecule has 40 heteroatoms. The molecule has 4 heterocycles. The Labute approximate surface area is 916 Å². The van der Waals surface area contributed by atoms with Gasteiger partial charge in [0.05, 0.1) is 121 Å². The monoisotopic (exact) mass is 2560 g/mol. The van der Waals surface area contributed by atoms with Crippen LogP contribution in [0.1, 0.15) is 150 Å². The number of ether oxygens (including phenoxy) is 8. The highest BCUT2D eigenvalue weighted by molar-refractivity contribution is 14.1. The van der Waals surface area contributed by atoms with Crippen LogP contribution in [-0.4, -0.2) is 202 Å². The lowest BCUT2D eigenvalue weighted by atomic mass is 9.78. The van der Waals surface area contributed by atoms with Crippen LogP contribution in [-0.2, 0) is 74.3 Å². The Morgan fingerprint density at radius 2 is 0.486 bits per heavy atom. The van der Waals surface area contributed by atoms with E-state index >= 15 is 0 Å². The molecule has 0 aliphatic carbocycles. The van der Waals surface area contributed by atoms with E-state index in [0.29, 0.717) is 143 Å². The van der Waals surface area contributed by atoms with E-state index in [1.54, 1.807) is 0 Å². The summed E-state index contributed by atoms with van der Waals surface area (Å²) in [6, 6.07) is 55.0. The maximum absolute atomic E-state index is 10.3. The minimum absolute atomic E-state index is 0.0868. The zero-order chi connectivity index (χ0) is 102. The van der Waals surface area contributed by atoms with Crippen LogP contribution in [0.15, 0.2) is 174 Å². The Morgan fingerprint density at radius 1 is 0.293 bits per heavy atom. The number of alkyl halides is 4.